The van der Waals surface area contributed by atoms with E-state index in [1.807, 2.05) is 13.4 Å². The lowest BCUT2D eigenvalue weighted by Crippen LogP contribution is -2.25. The zero-order valence-corrected chi connectivity index (χ0v) is 11.4. The number of fused-ring (bicyclic) bond motifs is 3. The zero-order chi connectivity index (χ0) is 13.0. The van der Waals surface area contributed by atoms with Crippen LogP contribution in [-0.4, -0.2) is 32.7 Å². The molecule has 4 atom stereocenters. The van der Waals surface area contributed by atoms with Crippen molar-refractivity contribution in [2.75, 3.05) is 7.11 Å². The minimum absolute atomic E-state index is 0.432. The third-order valence-electron chi connectivity index (χ3n) is 4.73. The molecule has 100 valence electrons. The first-order chi connectivity index (χ1) is 9.28. The highest BCUT2D eigenvalue weighted by Crippen LogP contribution is 2.52. The van der Waals surface area contributed by atoms with Gasteiger partial charge in [-0.1, -0.05) is 11.6 Å². The number of hydrogen-bond donors (Lipinski definition) is 0. The van der Waals surface area contributed by atoms with Gasteiger partial charge < -0.3 is 9.30 Å². The second kappa shape index (κ2) is 4.15. The van der Waals surface area contributed by atoms with Crippen LogP contribution in [0, 0.1) is 11.8 Å². The Kier molecular flexibility index (Phi) is 2.53. The van der Waals surface area contributed by atoms with E-state index < -0.39 is 0 Å². The van der Waals surface area contributed by atoms with E-state index in [1.54, 1.807) is 0 Å². The van der Waals surface area contributed by atoms with Gasteiger partial charge in [-0.2, -0.15) is 0 Å². The second-order valence-corrected chi connectivity index (χ2v) is 5.92. The van der Waals surface area contributed by atoms with Crippen molar-refractivity contribution in [1.82, 2.24) is 19.5 Å². The number of ether oxygens (including phenoxy) is 1. The molecule has 2 aliphatic rings. The van der Waals surface area contributed by atoms with Crippen LogP contribution in [0.25, 0.3) is 11.2 Å². The highest BCUT2D eigenvalue weighted by molar-refractivity contribution is 6.33. The van der Waals surface area contributed by atoms with Crippen molar-refractivity contribution in [2.45, 2.75) is 31.4 Å². The zero-order valence-electron chi connectivity index (χ0n) is 10.7. The Labute approximate surface area is 116 Å². The van der Waals surface area contributed by atoms with Crippen LogP contribution in [-0.2, 0) is 4.74 Å². The second-order valence-electron chi connectivity index (χ2n) is 5.56. The van der Waals surface area contributed by atoms with Crippen molar-refractivity contribution < 1.29 is 4.74 Å². The molecular formula is C13H15ClN4O. The number of nitrogens with zero attached hydrogens (tertiary/aromatic N) is 4. The SMILES string of the molecule is CO[C@H]1C[C@H]2C[C@@H]1C[C@@H]2n1cnc2c(Cl)ncnc21. The van der Waals surface area contributed by atoms with E-state index in [0.29, 0.717) is 34.7 Å². The maximum Gasteiger partial charge on any atom is 0.165 e. The number of halogens is 1. The van der Waals surface area contributed by atoms with E-state index >= 15 is 0 Å². The summed E-state index contributed by atoms with van der Waals surface area (Å²) in [6, 6.07) is 0.479. The van der Waals surface area contributed by atoms with Crippen molar-refractivity contribution in [3.63, 3.8) is 0 Å². The quantitative estimate of drug-likeness (QED) is 0.792. The van der Waals surface area contributed by atoms with Crippen molar-refractivity contribution in [3.05, 3.63) is 17.8 Å². The molecule has 19 heavy (non-hydrogen) atoms. The number of aromatic nitrogens is 4. The molecule has 5 nitrogen and oxygen atoms in total. The van der Waals surface area contributed by atoms with E-state index in [4.69, 9.17) is 16.3 Å². The molecule has 0 saturated heterocycles. The van der Waals surface area contributed by atoms with E-state index in [-0.39, 0.29) is 0 Å². The summed E-state index contributed by atoms with van der Waals surface area (Å²) in [5, 5.41) is 0.432. The Hall–Kier alpha value is -1.20. The van der Waals surface area contributed by atoms with E-state index in [2.05, 4.69) is 19.5 Å². The average Bonchev–Trinajstić information content (AvgIpc) is 3.11. The molecule has 2 aromatic rings. The van der Waals surface area contributed by atoms with Gasteiger partial charge in [-0.05, 0) is 31.1 Å². The van der Waals surface area contributed by atoms with Crippen LogP contribution in [0.4, 0.5) is 0 Å². The van der Waals surface area contributed by atoms with E-state index in [0.717, 1.165) is 18.5 Å². The van der Waals surface area contributed by atoms with Gasteiger partial charge >= 0.3 is 0 Å². The molecule has 0 N–H and O–H groups in total. The molecule has 0 aliphatic heterocycles. The van der Waals surface area contributed by atoms with Crippen molar-refractivity contribution in [3.8, 4) is 0 Å². The van der Waals surface area contributed by atoms with Gasteiger partial charge in [0.1, 0.15) is 11.8 Å². The summed E-state index contributed by atoms with van der Waals surface area (Å²) in [6.07, 6.45) is 7.35. The minimum atomic E-state index is 0.432. The molecule has 0 spiro atoms. The van der Waals surface area contributed by atoms with Gasteiger partial charge in [-0.15, -0.1) is 0 Å². The molecule has 2 aromatic heterocycles. The third kappa shape index (κ3) is 1.61. The number of methoxy groups -OCH3 is 1. The first-order valence-electron chi connectivity index (χ1n) is 6.63. The summed E-state index contributed by atoms with van der Waals surface area (Å²) in [4.78, 5) is 12.7. The molecule has 6 heteroatoms. The van der Waals surface area contributed by atoms with E-state index in [9.17, 15) is 0 Å². The number of hydrogen-bond acceptors (Lipinski definition) is 4. The van der Waals surface area contributed by atoms with Crippen LogP contribution in [0.5, 0.6) is 0 Å². The van der Waals surface area contributed by atoms with Gasteiger partial charge in [-0.25, -0.2) is 15.0 Å². The van der Waals surface area contributed by atoms with Crippen molar-refractivity contribution >= 4 is 22.8 Å². The molecule has 2 heterocycles. The fraction of sp³-hybridized carbons (Fsp3) is 0.615. The van der Waals surface area contributed by atoms with Gasteiger partial charge in [-0.3, -0.25) is 0 Å². The molecule has 2 aliphatic carbocycles. The molecule has 2 saturated carbocycles. The van der Waals surface area contributed by atoms with Gasteiger partial charge in [0.2, 0.25) is 0 Å². The Balaban J connectivity index is 1.72. The Morgan fingerprint density at radius 1 is 1.21 bits per heavy atom. The smallest absolute Gasteiger partial charge is 0.165 e. The molecule has 4 rings (SSSR count). The molecule has 2 bridgehead atoms. The van der Waals surface area contributed by atoms with Crippen LogP contribution in [0.1, 0.15) is 25.3 Å². The van der Waals surface area contributed by atoms with Crippen molar-refractivity contribution in [1.29, 1.82) is 0 Å². The molecule has 0 unspecified atom stereocenters. The third-order valence-corrected chi connectivity index (χ3v) is 5.01. The fourth-order valence-corrected chi connectivity index (χ4v) is 4.06. The predicted octanol–water partition coefficient (Wildman–Crippen LogP) is 2.47. The monoisotopic (exact) mass is 278 g/mol. The summed E-state index contributed by atoms with van der Waals surface area (Å²) >= 11 is 6.05. The maximum absolute atomic E-state index is 6.05. The molecular weight excluding hydrogens is 264 g/mol. The van der Waals surface area contributed by atoms with Gasteiger partial charge in [0.25, 0.3) is 0 Å². The van der Waals surface area contributed by atoms with Crippen LogP contribution in [0.15, 0.2) is 12.7 Å². The minimum Gasteiger partial charge on any atom is -0.381 e. The lowest BCUT2D eigenvalue weighted by molar-refractivity contribution is 0.0469. The Bertz CT molecular complexity index is 628. The van der Waals surface area contributed by atoms with Crippen LogP contribution < -0.4 is 0 Å². The van der Waals surface area contributed by atoms with Gasteiger partial charge in [0.15, 0.2) is 10.8 Å². The highest BCUT2D eigenvalue weighted by atomic mass is 35.5. The van der Waals surface area contributed by atoms with Gasteiger partial charge in [0.05, 0.1) is 12.4 Å². The number of rotatable bonds is 2. The topological polar surface area (TPSA) is 52.8 Å². The first kappa shape index (κ1) is 11.6. The summed E-state index contributed by atoms with van der Waals surface area (Å²) in [6.45, 7) is 0. The highest BCUT2D eigenvalue weighted by Gasteiger charge is 2.47. The van der Waals surface area contributed by atoms with E-state index in [1.165, 1.54) is 12.7 Å². The summed E-state index contributed by atoms with van der Waals surface area (Å²) in [7, 11) is 1.82. The first-order valence-corrected chi connectivity index (χ1v) is 7.01. The number of imidazole rings is 1. The normalized spacial score (nSPS) is 33.4. The molecule has 0 amide bonds. The lowest BCUT2D eigenvalue weighted by Gasteiger charge is -2.28. The largest absolute Gasteiger partial charge is 0.381 e. The summed E-state index contributed by atoms with van der Waals surface area (Å²) in [5.74, 6) is 1.34. The fourth-order valence-electron chi connectivity index (χ4n) is 3.89. The average molecular weight is 279 g/mol. The van der Waals surface area contributed by atoms with Crippen LogP contribution in [0.2, 0.25) is 5.15 Å². The summed E-state index contributed by atoms with van der Waals surface area (Å²) in [5.41, 5.74) is 1.56. The maximum atomic E-state index is 6.05. The Morgan fingerprint density at radius 3 is 2.84 bits per heavy atom. The summed E-state index contributed by atoms with van der Waals surface area (Å²) < 4.78 is 7.73. The molecule has 0 radical (unpaired) electrons. The molecule has 0 aromatic carbocycles. The van der Waals surface area contributed by atoms with Crippen LogP contribution in [0.3, 0.4) is 0 Å². The lowest BCUT2D eigenvalue weighted by atomic mass is 9.93. The van der Waals surface area contributed by atoms with Gasteiger partial charge in [0, 0.05) is 13.2 Å². The Morgan fingerprint density at radius 2 is 2.11 bits per heavy atom. The predicted molar refractivity (Wildman–Crippen MR) is 71.0 cm³/mol. The standard InChI is InChI=1S/C13H15ClN4O/c1-19-10-4-7-2-8(10)3-9(7)18-6-17-11-12(14)15-5-16-13(11)18/h5-10H,2-4H2,1H3/t7-,8-,9+,10+/m1/s1. The molecule has 2 fully saturated rings. The van der Waals surface area contributed by atoms with Crippen molar-refractivity contribution in [2.24, 2.45) is 11.8 Å². The van der Waals surface area contributed by atoms with Crippen LogP contribution >= 0.6 is 11.6 Å².